The number of hydrogen-bond acceptors (Lipinski definition) is 3. The molecule has 3 nitrogen and oxygen atoms in total. The van der Waals surface area contributed by atoms with Gasteiger partial charge < -0.3 is 15.0 Å². The predicted molar refractivity (Wildman–Crippen MR) is 64.2 cm³/mol. The molecule has 1 N–H and O–H groups in total. The first kappa shape index (κ1) is 12.9. The second kappa shape index (κ2) is 7.20. The Kier molecular flexibility index (Phi) is 6.22. The Labute approximate surface area is 94.2 Å². The Morgan fingerprint density at radius 3 is 2.53 bits per heavy atom. The van der Waals surface area contributed by atoms with Crippen molar-refractivity contribution in [2.24, 2.45) is 5.92 Å². The monoisotopic (exact) mass is 214 g/mol. The van der Waals surface area contributed by atoms with Crippen molar-refractivity contribution in [3.05, 3.63) is 0 Å². The lowest BCUT2D eigenvalue weighted by Crippen LogP contribution is -2.43. The average Bonchev–Trinajstić information content (AvgIpc) is 2.28. The molecule has 1 saturated heterocycles. The third-order valence-electron chi connectivity index (χ3n) is 3.49. The molecule has 3 heteroatoms. The average molecular weight is 214 g/mol. The lowest BCUT2D eigenvalue weighted by atomic mass is 9.97. The fourth-order valence-corrected chi connectivity index (χ4v) is 2.31. The maximum atomic E-state index is 5.21. The van der Waals surface area contributed by atoms with Crippen LogP contribution in [-0.2, 0) is 4.74 Å². The maximum absolute atomic E-state index is 5.21. The SMILES string of the molecule is CCC(CN1CCC(COC)CC1)NC. The van der Waals surface area contributed by atoms with Gasteiger partial charge >= 0.3 is 0 Å². The van der Waals surface area contributed by atoms with Crippen LogP contribution in [0.3, 0.4) is 0 Å². The Morgan fingerprint density at radius 1 is 1.40 bits per heavy atom. The maximum Gasteiger partial charge on any atom is 0.0491 e. The molecule has 0 aliphatic carbocycles. The number of ether oxygens (including phenoxy) is 1. The smallest absolute Gasteiger partial charge is 0.0491 e. The van der Waals surface area contributed by atoms with Gasteiger partial charge in [0.25, 0.3) is 0 Å². The van der Waals surface area contributed by atoms with E-state index in [1.54, 1.807) is 7.11 Å². The summed E-state index contributed by atoms with van der Waals surface area (Å²) in [5, 5.41) is 3.37. The van der Waals surface area contributed by atoms with Crippen LogP contribution in [-0.4, -0.2) is 51.3 Å². The van der Waals surface area contributed by atoms with Crippen LogP contribution in [0.25, 0.3) is 0 Å². The highest BCUT2D eigenvalue weighted by Gasteiger charge is 2.20. The summed E-state index contributed by atoms with van der Waals surface area (Å²) in [7, 11) is 3.87. The van der Waals surface area contributed by atoms with E-state index in [9.17, 15) is 0 Å². The van der Waals surface area contributed by atoms with E-state index < -0.39 is 0 Å². The summed E-state index contributed by atoms with van der Waals surface area (Å²) in [5.74, 6) is 0.793. The van der Waals surface area contributed by atoms with Gasteiger partial charge in [0, 0.05) is 26.3 Å². The van der Waals surface area contributed by atoms with E-state index in [0.717, 1.165) is 12.5 Å². The molecule has 90 valence electrons. The molecule has 1 atom stereocenters. The quantitative estimate of drug-likeness (QED) is 0.722. The number of methoxy groups -OCH3 is 1. The van der Waals surface area contributed by atoms with Crippen LogP contribution in [0.15, 0.2) is 0 Å². The van der Waals surface area contributed by atoms with Crippen molar-refractivity contribution in [2.75, 3.05) is 40.4 Å². The minimum Gasteiger partial charge on any atom is -0.384 e. The molecule has 1 heterocycles. The highest BCUT2D eigenvalue weighted by Crippen LogP contribution is 2.17. The van der Waals surface area contributed by atoms with Gasteiger partial charge in [-0.15, -0.1) is 0 Å². The zero-order valence-electron chi connectivity index (χ0n) is 10.5. The topological polar surface area (TPSA) is 24.5 Å². The van der Waals surface area contributed by atoms with Gasteiger partial charge in [0.2, 0.25) is 0 Å². The van der Waals surface area contributed by atoms with Crippen LogP contribution in [0.4, 0.5) is 0 Å². The summed E-state index contributed by atoms with van der Waals surface area (Å²) in [6, 6.07) is 0.656. The van der Waals surface area contributed by atoms with Gasteiger partial charge in [-0.1, -0.05) is 6.92 Å². The van der Waals surface area contributed by atoms with Gasteiger partial charge in [0.1, 0.15) is 0 Å². The molecular formula is C12H26N2O. The molecule has 0 radical (unpaired) electrons. The Bertz CT molecular complexity index is 152. The summed E-state index contributed by atoms with van der Waals surface area (Å²) in [4.78, 5) is 2.58. The Balaban J connectivity index is 2.19. The standard InChI is InChI=1S/C12H26N2O/c1-4-12(13-2)9-14-7-5-11(6-8-14)10-15-3/h11-13H,4-10H2,1-3H3. The van der Waals surface area contributed by atoms with Crippen molar-refractivity contribution in [1.29, 1.82) is 0 Å². The van der Waals surface area contributed by atoms with Gasteiger partial charge in [0.05, 0.1) is 0 Å². The normalized spacial score (nSPS) is 21.8. The fourth-order valence-electron chi connectivity index (χ4n) is 2.31. The first-order valence-electron chi connectivity index (χ1n) is 6.18. The van der Waals surface area contributed by atoms with Crippen molar-refractivity contribution in [3.63, 3.8) is 0 Å². The second-order valence-electron chi connectivity index (χ2n) is 4.59. The summed E-state index contributed by atoms with van der Waals surface area (Å²) < 4.78 is 5.21. The van der Waals surface area contributed by atoms with E-state index in [2.05, 4.69) is 24.2 Å². The number of likely N-dealkylation sites (tertiary alicyclic amines) is 1. The molecule has 1 aliphatic heterocycles. The first-order chi connectivity index (χ1) is 7.30. The summed E-state index contributed by atoms with van der Waals surface area (Å²) in [5.41, 5.74) is 0. The molecule has 0 spiro atoms. The van der Waals surface area contributed by atoms with Crippen LogP contribution < -0.4 is 5.32 Å². The van der Waals surface area contributed by atoms with Gasteiger partial charge in [-0.05, 0) is 45.3 Å². The van der Waals surface area contributed by atoms with Crippen molar-refractivity contribution >= 4 is 0 Å². The van der Waals surface area contributed by atoms with Crippen LogP contribution >= 0.6 is 0 Å². The van der Waals surface area contributed by atoms with Crippen LogP contribution in [0, 0.1) is 5.92 Å². The van der Waals surface area contributed by atoms with Crippen LogP contribution in [0.1, 0.15) is 26.2 Å². The largest absolute Gasteiger partial charge is 0.384 e. The molecular weight excluding hydrogens is 188 g/mol. The van der Waals surface area contributed by atoms with Crippen molar-refractivity contribution < 1.29 is 4.74 Å². The van der Waals surface area contributed by atoms with Gasteiger partial charge in [-0.3, -0.25) is 0 Å². The lowest BCUT2D eigenvalue weighted by molar-refractivity contribution is 0.0954. The van der Waals surface area contributed by atoms with E-state index in [-0.39, 0.29) is 0 Å². The molecule has 1 rings (SSSR count). The molecule has 0 amide bonds. The summed E-state index contributed by atoms with van der Waals surface area (Å²) >= 11 is 0. The summed E-state index contributed by atoms with van der Waals surface area (Å²) in [6.07, 6.45) is 3.82. The number of nitrogens with one attached hydrogen (secondary N) is 1. The molecule has 0 bridgehead atoms. The van der Waals surface area contributed by atoms with E-state index in [1.807, 2.05) is 0 Å². The zero-order valence-corrected chi connectivity index (χ0v) is 10.5. The highest BCUT2D eigenvalue weighted by atomic mass is 16.5. The third kappa shape index (κ3) is 4.49. The molecule has 1 fully saturated rings. The Morgan fingerprint density at radius 2 is 2.07 bits per heavy atom. The second-order valence-corrected chi connectivity index (χ2v) is 4.59. The molecule has 0 aromatic carbocycles. The molecule has 15 heavy (non-hydrogen) atoms. The fraction of sp³-hybridized carbons (Fsp3) is 1.00. The van der Waals surface area contributed by atoms with Gasteiger partial charge in [-0.2, -0.15) is 0 Å². The molecule has 1 unspecified atom stereocenters. The van der Waals surface area contributed by atoms with E-state index in [1.165, 1.54) is 38.9 Å². The van der Waals surface area contributed by atoms with E-state index in [4.69, 9.17) is 4.74 Å². The minimum atomic E-state index is 0.656. The van der Waals surface area contributed by atoms with E-state index in [0.29, 0.717) is 6.04 Å². The van der Waals surface area contributed by atoms with Crippen LogP contribution in [0.5, 0.6) is 0 Å². The van der Waals surface area contributed by atoms with Crippen molar-refractivity contribution in [3.8, 4) is 0 Å². The lowest BCUT2D eigenvalue weighted by Gasteiger charge is -2.33. The third-order valence-corrected chi connectivity index (χ3v) is 3.49. The minimum absolute atomic E-state index is 0.656. The molecule has 0 aromatic heterocycles. The van der Waals surface area contributed by atoms with Crippen molar-refractivity contribution in [1.82, 2.24) is 10.2 Å². The number of hydrogen-bond donors (Lipinski definition) is 1. The molecule has 0 saturated carbocycles. The predicted octanol–water partition coefficient (Wildman–Crippen LogP) is 1.34. The number of rotatable bonds is 6. The Hall–Kier alpha value is -0.120. The zero-order chi connectivity index (χ0) is 11.1. The highest BCUT2D eigenvalue weighted by molar-refractivity contribution is 4.76. The van der Waals surface area contributed by atoms with Crippen LogP contribution in [0.2, 0.25) is 0 Å². The first-order valence-corrected chi connectivity index (χ1v) is 6.18. The summed E-state index contributed by atoms with van der Waals surface area (Å²) in [6.45, 7) is 6.88. The van der Waals surface area contributed by atoms with Gasteiger partial charge in [-0.25, -0.2) is 0 Å². The molecule has 0 aromatic rings. The van der Waals surface area contributed by atoms with E-state index >= 15 is 0 Å². The van der Waals surface area contributed by atoms with Gasteiger partial charge in [0.15, 0.2) is 0 Å². The number of piperidine rings is 1. The number of likely N-dealkylation sites (N-methyl/N-ethyl adjacent to an activating group) is 1. The molecule has 1 aliphatic rings. The van der Waals surface area contributed by atoms with Crippen molar-refractivity contribution in [2.45, 2.75) is 32.2 Å². The number of nitrogens with zero attached hydrogens (tertiary/aromatic N) is 1.